The van der Waals surface area contributed by atoms with Crippen molar-refractivity contribution in [3.8, 4) is 5.75 Å². The second kappa shape index (κ2) is 8.63. The van der Waals surface area contributed by atoms with Crippen LogP contribution in [0.3, 0.4) is 0 Å². The maximum absolute atomic E-state index is 13.5. The molecular formula is C24H23FN2O4S. The van der Waals surface area contributed by atoms with Crippen molar-refractivity contribution in [2.45, 2.75) is 24.3 Å². The summed E-state index contributed by atoms with van der Waals surface area (Å²) in [5.41, 5.74) is 2.03. The topological polar surface area (TPSA) is 66.9 Å². The third-order valence-electron chi connectivity index (χ3n) is 5.52. The zero-order valence-electron chi connectivity index (χ0n) is 17.7. The van der Waals surface area contributed by atoms with E-state index < -0.39 is 22.4 Å². The first-order valence-electron chi connectivity index (χ1n) is 10.1. The number of halogens is 1. The van der Waals surface area contributed by atoms with Gasteiger partial charge >= 0.3 is 0 Å². The molecule has 1 aliphatic rings. The van der Waals surface area contributed by atoms with Crippen molar-refractivity contribution in [1.82, 2.24) is 0 Å². The van der Waals surface area contributed by atoms with E-state index in [9.17, 15) is 17.6 Å². The van der Waals surface area contributed by atoms with Crippen molar-refractivity contribution in [3.05, 3.63) is 84.2 Å². The van der Waals surface area contributed by atoms with Gasteiger partial charge in [0, 0.05) is 11.7 Å². The molecule has 0 N–H and O–H groups in total. The molecule has 1 heterocycles. The molecular weight excluding hydrogens is 431 g/mol. The zero-order chi connectivity index (χ0) is 22.9. The number of amides is 1. The van der Waals surface area contributed by atoms with Crippen LogP contribution < -0.4 is 13.9 Å². The number of carbonyl (C=O) groups is 1. The van der Waals surface area contributed by atoms with Gasteiger partial charge in [-0.25, -0.2) is 12.8 Å². The monoisotopic (exact) mass is 454 g/mol. The van der Waals surface area contributed by atoms with Crippen LogP contribution in [0.4, 0.5) is 15.8 Å². The lowest BCUT2D eigenvalue weighted by atomic mass is 10.1. The van der Waals surface area contributed by atoms with Gasteiger partial charge in [0.2, 0.25) is 5.91 Å². The molecule has 3 aromatic rings. The van der Waals surface area contributed by atoms with Crippen molar-refractivity contribution in [3.63, 3.8) is 0 Å². The maximum Gasteiger partial charge on any atom is 0.264 e. The largest absolute Gasteiger partial charge is 0.497 e. The number of carbonyl (C=O) groups excluding carboxylic acids is 1. The molecule has 8 heteroatoms. The van der Waals surface area contributed by atoms with Crippen LogP contribution in [0.1, 0.15) is 12.5 Å². The molecule has 0 spiro atoms. The Morgan fingerprint density at radius 2 is 1.72 bits per heavy atom. The van der Waals surface area contributed by atoms with Crippen LogP contribution in [0.15, 0.2) is 77.7 Å². The second-order valence-corrected chi connectivity index (χ2v) is 9.47. The molecule has 0 saturated carbocycles. The Morgan fingerprint density at radius 3 is 2.38 bits per heavy atom. The van der Waals surface area contributed by atoms with E-state index in [1.807, 2.05) is 31.2 Å². The fourth-order valence-electron chi connectivity index (χ4n) is 3.94. The number of benzene rings is 3. The van der Waals surface area contributed by atoms with Crippen LogP contribution in [-0.4, -0.2) is 34.0 Å². The number of hydrogen-bond acceptors (Lipinski definition) is 4. The number of sulfonamides is 1. The van der Waals surface area contributed by atoms with E-state index in [4.69, 9.17) is 4.74 Å². The normalized spacial score (nSPS) is 15.3. The smallest absolute Gasteiger partial charge is 0.264 e. The Bertz CT molecular complexity index is 1230. The molecule has 0 radical (unpaired) electrons. The van der Waals surface area contributed by atoms with Crippen molar-refractivity contribution in [1.29, 1.82) is 0 Å². The number of ether oxygens (including phenoxy) is 1. The predicted octanol–water partition coefficient (Wildman–Crippen LogP) is 4.01. The highest BCUT2D eigenvalue weighted by atomic mass is 32.2. The number of hydrogen-bond donors (Lipinski definition) is 0. The van der Waals surface area contributed by atoms with E-state index in [0.29, 0.717) is 12.2 Å². The van der Waals surface area contributed by atoms with Crippen LogP contribution in [0.25, 0.3) is 0 Å². The molecule has 1 amide bonds. The molecule has 0 bridgehead atoms. The van der Waals surface area contributed by atoms with Crippen molar-refractivity contribution in [2.24, 2.45) is 0 Å². The summed E-state index contributed by atoms with van der Waals surface area (Å²) in [6.07, 6.45) is 0.698. The average Bonchev–Trinajstić information content (AvgIpc) is 3.13. The van der Waals surface area contributed by atoms with Crippen molar-refractivity contribution < 1.29 is 22.3 Å². The van der Waals surface area contributed by atoms with Gasteiger partial charge in [-0.3, -0.25) is 9.10 Å². The van der Waals surface area contributed by atoms with Gasteiger partial charge < -0.3 is 9.64 Å². The van der Waals surface area contributed by atoms with E-state index >= 15 is 0 Å². The van der Waals surface area contributed by atoms with Crippen LogP contribution in [0.2, 0.25) is 0 Å². The lowest BCUT2D eigenvalue weighted by Gasteiger charge is -2.29. The number of para-hydroxylation sites is 1. The summed E-state index contributed by atoms with van der Waals surface area (Å²) in [4.78, 5) is 15.0. The third kappa shape index (κ3) is 4.05. The molecule has 1 atom stereocenters. The minimum absolute atomic E-state index is 0.00490. The van der Waals surface area contributed by atoms with Gasteiger partial charge in [0.1, 0.15) is 18.1 Å². The standard InChI is InChI=1S/C24H23FN2O4S/c1-17-15-18-5-3-4-6-23(18)27(17)24(28)16-26(20-9-7-19(25)8-10-20)32(29,30)22-13-11-21(31-2)12-14-22/h3-14,17H,15-16H2,1-2H3. The van der Waals surface area contributed by atoms with Gasteiger partial charge in [0.15, 0.2) is 0 Å². The first-order chi connectivity index (χ1) is 15.3. The highest BCUT2D eigenvalue weighted by Gasteiger charge is 2.34. The van der Waals surface area contributed by atoms with E-state index in [0.717, 1.165) is 15.6 Å². The van der Waals surface area contributed by atoms with Crippen molar-refractivity contribution in [2.75, 3.05) is 22.9 Å². The van der Waals surface area contributed by atoms with Gasteiger partial charge in [-0.2, -0.15) is 0 Å². The Morgan fingerprint density at radius 1 is 1.06 bits per heavy atom. The molecule has 4 rings (SSSR count). The lowest BCUT2D eigenvalue weighted by molar-refractivity contribution is -0.117. The van der Waals surface area contributed by atoms with Gasteiger partial charge in [-0.05, 0) is 73.5 Å². The summed E-state index contributed by atoms with van der Waals surface area (Å²) in [5, 5.41) is 0. The fourth-order valence-corrected chi connectivity index (χ4v) is 5.36. The number of methoxy groups -OCH3 is 1. The van der Waals surface area contributed by atoms with E-state index in [2.05, 4.69) is 0 Å². The number of rotatable bonds is 6. The number of anilines is 2. The molecule has 1 aliphatic heterocycles. The highest BCUT2D eigenvalue weighted by Crippen LogP contribution is 2.33. The Labute approximate surface area is 186 Å². The second-order valence-electron chi connectivity index (χ2n) is 7.61. The summed E-state index contributed by atoms with van der Waals surface area (Å²) < 4.78 is 46.7. The highest BCUT2D eigenvalue weighted by molar-refractivity contribution is 7.92. The number of nitrogens with zero attached hydrogens (tertiary/aromatic N) is 2. The van der Waals surface area contributed by atoms with Gasteiger partial charge in [0.05, 0.1) is 17.7 Å². The Kier molecular flexibility index (Phi) is 5.88. The molecule has 1 unspecified atom stereocenters. The number of fused-ring (bicyclic) bond motifs is 1. The molecule has 0 aliphatic carbocycles. The first-order valence-corrected chi connectivity index (χ1v) is 11.6. The van der Waals surface area contributed by atoms with Crippen LogP contribution in [-0.2, 0) is 21.2 Å². The van der Waals surface area contributed by atoms with Crippen LogP contribution >= 0.6 is 0 Å². The molecule has 32 heavy (non-hydrogen) atoms. The average molecular weight is 455 g/mol. The van der Waals surface area contributed by atoms with Crippen molar-refractivity contribution >= 4 is 27.3 Å². The summed E-state index contributed by atoms with van der Waals surface area (Å²) in [7, 11) is -2.62. The summed E-state index contributed by atoms with van der Waals surface area (Å²) in [6, 6.07) is 18.4. The third-order valence-corrected chi connectivity index (χ3v) is 7.30. The molecule has 0 fully saturated rings. The molecule has 166 valence electrons. The minimum atomic E-state index is -4.10. The Balaban J connectivity index is 1.72. The first kappa shape index (κ1) is 21.8. The fraction of sp³-hybridized carbons (Fsp3) is 0.208. The van der Waals surface area contributed by atoms with Gasteiger partial charge in [0.25, 0.3) is 10.0 Å². The van der Waals surface area contributed by atoms with E-state index in [1.165, 1.54) is 55.6 Å². The zero-order valence-corrected chi connectivity index (χ0v) is 18.5. The molecule has 0 saturated heterocycles. The predicted molar refractivity (Wildman–Crippen MR) is 121 cm³/mol. The Hall–Kier alpha value is -3.39. The molecule has 0 aromatic heterocycles. The SMILES string of the molecule is COc1ccc(S(=O)(=O)N(CC(=O)N2c3ccccc3CC2C)c2ccc(F)cc2)cc1. The van der Waals surface area contributed by atoms with E-state index in [1.54, 1.807) is 4.90 Å². The van der Waals surface area contributed by atoms with Crippen LogP contribution in [0, 0.1) is 5.82 Å². The quantitative estimate of drug-likeness (QED) is 0.565. The molecule has 3 aromatic carbocycles. The summed E-state index contributed by atoms with van der Waals surface area (Å²) in [5.74, 6) is -0.344. The summed E-state index contributed by atoms with van der Waals surface area (Å²) >= 11 is 0. The lowest BCUT2D eigenvalue weighted by Crippen LogP contribution is -2.45. The van der Waals surface area contributed by atoms with Crippen LogP contribution in [0.5, 0.6) is 5.75 Å². The summed E-state index contributed by atoms with van der Waals surface area (Å²) in [6.45, 7) is 1.51. The minimum Gasteiger partial charge on any atom is -0.497 e. The molecule has 6 nitrogen and oxygen atoms in total. The van der Waals surface area contributed by atoms with Gasteiger partial charge in [-0.1, -0.05) is 18.2 Å². The van der Waals surface area contributed by atoms with E-state index in [-0.39, 0.29) is 22.5 Å². The maximum atomic E-state index is 13.5. The van der Waals surface area contributed by atoms with Gasteiger partial charge in [-0.15, -0.1) is 0 Å².